The Kier molecular flexibility index (Phi) is 7.15. The van der Waals surface area contributed by atoms with Gasteiger partial charge in [-0.1, -0.05) is 18.6 Å². The zero-order valence-corrected chi connectivity index (χ0v) is 12.5. The van der Waals surface area contributed by atoms with Gasteiger partial charge in [0.25, 0.3) is 5.91 Å². The lowest BCUT2D eigenvalue weighted by atomic mass is 10.1. The minimum Gasteiger partial charge on any atom is -0.469 e. The number of Topliss-reactive ketones (excluding diaryl/α,β-unsaturated/α-hetero) is 1. The van der Waals surface area contributed by atoms with Crippen LogP contribution >= 0.6 is 0 Å². The molecule has 5 nitrogen and oxygen atoms in total. The monoisotopic (exact) mass is 291 g/mol. The average Bonchev–Trinajstić information content (AvgIpc) is 2.50. The number of ketones is 1. The lowest BCUT2D eigenvalue weighted by molar-refractivity contribution is -0.140. The van der Waals surface area contributed by atoms with Crippen LogP contribution in [0.1, 0.15) is 53.3 Å². The van der Waals surface area contributed by atoms with Crippen molar-refractivity contribution in [3.63, 3.8) is 0 Å². The van der Waals surface area contributed by atoms with Crippen LogP contribution in [0.4, 0.5) is 0 Å². The highest BCUT2D eigenvalue weighted by atomic mass is 16.5. The molecule has 0 atom stereocenters. The molecule has 0 saturated heterocycles. The quantitative estimate of drug-likeness (QED) is 0.453. The van der Waals surface area contributed by atoms with Gasteiger partial charge in [0.05, 0.1) is 7.11 Å². The van der Waals surface area contributed by atoms with Crippen molar-refractivity contribution in [3.05, 3.63) is 35.4 Å². The highest BCUT2D eigenvalue weighted by molar-refractivity contribution is 5.97. The van der Waals surface area contributed by atoms with Gasteiger partial charge in [-0.05, 0) is 31.9 Å². The predicted molar refractivity (Wildman–Crippen MR) is 79.3 cm³/mol. The number of carbonyl (C=O) groups is 3. The topological polar surface area (TPSA) is 72.5 Å². The number of esters is 1. The molecule has 0 aliphatic carbocycles. The zero-order chi connectivity index (χ0) is 15.7. The van der Waals surface area contributed by atoms with E-state index >= 15 is 0 Å². The second kappa shape index (κ2) is 8.89. The van der Waals surface area contributed by atoms with Crippen molar-refractivity contribution in [2.45, 2.75) is 32.6 Å². The highest BCUT2D eigenvalue weighted by Gasteiger charge is 2.06. The number of benzene rings is 1. The van der Waals surface area contributed by atoms with Gasteiger partial charge >= 0.3 is 5.97 Å². The van der Waals surface area contributed by atoms with E-state index in [0.29, 0.717) is 24.1 Å². The first kappa shape index (κ1) is 16.9. The number of unbranched alkanes of at least 4 members (excludes halogenated alkanes) is 2. The van der Waals surface area contributed by atoms with Crippen LogP contribution in [0.3, 0.4) is 0 Å². The third kappa shape index (κ3) is 6.21. The van der Waals surface area contributed by atoms with E-state index in [1.165, 1.54) is 14.0 Å². The molecule has 21 heavy (non-hydrogen) atoms. The first-order valence-corrected chi connectivity index (χ1v) is 7.00. The Morgan fingerprint density at radius 1 is 1.00 bits per heavy atom. The molecule has 0 radical (unpaired) electrons. The SMILES string of the molecule is COC(=O)CCCCCNC(=O)c1ccc(C(C)=O)cc1. The standard InChI is InChI=1S/C16H21NO4/c1-12(18)13-7-9-14(10-8-13)16(20)17-11-5-3-4-6-15(19)21-2/h7-10H,3-6,11H2,1-2H3,(H,17,20). The predicted octanol–water partition coefficient (Wildman–Crippen LogP) is 2.35. The molecule has 0 fully saturated rings. The maximum atomic E-state index is 11.8. The van der Waals surface area contributed by atoms with E-state index in [0.717, 1.165) is 19.3 Å². The maximum Gasteiger partial charge on any atom is 0.305 e. The van der Waals surface area contributed by atoms with E-state index in [4.69, 9.17) is 0 Å². The van der Waals surface area contributed by atoms with Gasteiger partial charge in [0, 0.05) is 24.1 Å². The van der Waals surface area contributed by atoms with Crippen LogP contribution < -0.4 is 5.32 Å². The van der Waals surface area contributed by atoms with Gasteiger partial charge < -0.3 is 10.1 Å². The van der Waals surface area contributed by atoms with E-state index in [-0.39, 0.29) is 17.7 Å². The van der Waals surface area contributed by atoms with Gasteiger partial charge in [0.15, 0.2) is 5.78 Å². The molecule has 0 aliphatic rings. The minimum absolute atomic E-state index is 0.0208. The molecule has 0 aromatic heterocycles. The van der Waals surface area contributed by atoms with Gasteiger partial charge in [0.1, 0.15) is 0 Å². The molecule has 0 heterocycles. The zero-order valence-electron chi connectivity index (χ0n) is 12.5. The lowest BCUT2D eigenvalue weighted by Gasteiger charge is -2.05. The summed E-state index contributed by atoms with van der Waals surface area (Å²) in [7, 11) is 1.37. The third-order valence-electron chi connectivity index (χ3n) is 3.12. The minimum atomic E-state index is -0.204. The smallest absolute Gasteiger partial charge is 0.305 e. The van der Waals surface area contributed by atoms with Crippen molar-refractivity contribution in [1.82, 2.24) is 5.32 Å². The summed E-state index contributed by atoms with van der Waals surface area (Å²) >= 11 is 0. The fraction of sp³-hybridized carbons (Fsp3) is 0.438. The van der Waals surface area contributed by atoms with Crippen molar-refractivity contribution in [1.29, 1.82) is 0 Å². The molecule has 1 aromatic rings. The Hall–Kier alpha value is -2.17. The Balaban J connectivity index is 2.24. The first-order valence-electron chi connectivity index (χ1n) is 7.00. The lowest BCUT2D eigenvalue weighted by Crippen LogP contribution is -2.24. The number of nitrogens with one attached hydrogen (secondary N) is 1. The molecule has 0 saturated carbocycles. The van der Waals surface area contributed by atoms with Crippen LogP contribution in [0, 0.1) is 0 Å². The van der Waals surface area contributed by atoms with Crippen LogP contribution in [0.15, 0.2) is 24.3 Å². The summed E-state index contributed by atoms with van der Waals surface area (Å²) < 4.78 is 4.55. The molecule has 0 bridgehead atoms. The van der Waals surface area contributed by atoms with Crippen molar-refractivity contribution in [2.75, 3.05) is 13.7 Å². The number of hydrogen-bond donors (Lipinski definition) is 1. The Bertz CT molecular complexity index is 494. The number of rotatable bonds is 8. The third-order valence-corrected chi connectivity index (χ3v) is 3.12. The maximum absolute atomic E-state index is 11.8. The summed E-state index contributed by atoms with van der Waals surface area (Å²) in [5.74, 6) is -0.379. The summed E-state index contributed by atoms with van der Waals surface area (Å²) in [5, 5.41) is 2.81. The van der Waals surface area contributed by atoms with E-state index < -0.39 is 0 Å². The molecule has 5 heteroatoms. The highest BCUT2D eigenvalue weighted by Crippen LogP contribution is 2.05. The second-order valence-electron chi connectivity index (χ2n) is 4.78. The molecular formula is C16H21NO4. The first-order chi connectivity index (χ1) is 10.0. The van der Waals surface area contributed by atoms with Crippen molar-refractivity contribution in [2.24, 2.45) is 0 Å². The molecule has 0 unspecified atom stereocenters. The molecular weight excluding hydrogens is 270 g/mol. The molecule has 0 spiro atoms. The fourth-order valence-corrected chi connectivity index (χ4v) is 1.83. The summed E-state index contributed by atoms with van der Waals surface area (Å²) in [4.78, 5) is 33.9. The van der Waals surface area contributed by atoms with Crippen LogP contribution in [0.2, 0.25) is 0 Å². The molecule has 1 N–H and O–H groups in total. The number of ether oxygens (including phenoxy) is 1. The molecule has 1 aromatic carbocycles. The summed E-state index contributed by atoms with van der Waals surface area (Å²) in [5.41, 5.74) is 1.13. The Morgan fingerprint density at radius 3 is 2.19 bits per heavy atom. The van der Waals surface area contributed by atoms with Crippen LogP contribution in [-0.2, 0) is 9.53 Å². The molecule has 1 rings (SSSR count). The number of amides is 1. The summed E-state index contributed by atoms with van der Waals surface area (Å²) in [6.45, 7) is 2.05. The van der Waals surface area contributed by atoms with Gasteiger partial charge in [-0.3, -0.25) is 14.4 Å². The Morgan fingerprint density at radius 2 is 1.62 bits per heavy atom. The Labute approximate surface area is 124 Å². The molecule has 114 valence electrons. The number of carbonyl (C=O) groups excluding carboxylic acids is 3. The van der Waals surface area contributed by atoms with E-state index in [2.05, 4.69) is 10.1 Å². The molecule has 0 aliphatic heterocycles. The van der Waals surface area contributed by atoms with Gasteiger partial charge in [-0.15, -0.1) is 0 Å². The van der Waals surface area contributed by atoms with E-state index in [9.17, 15) is 14.4 Å². The fourth-order valence-electron chi connectivity index (χ4n) is 1.83. The average molecular weight is 291 g/mol. The summed E-state index contributed by atoms with van der Waals surface area (Å²) in [6.07, 6.45) is 2.85. The van der Waals surface area contributed by atoms with E-state index in [1.54, 1.807) is 24.3 Å². The van der Waals surface area contributed by atoms with Crippen LogP contribution in [-0.4, -0.2) is 31.3 Å². The normalized spacial score (nSPS) is 10.0. The van der Waals surface area contributed by atoms with Gasteiger partial charge in [-0.25, -0.2) is 0 Å². The molecule has 1 amide bonds. The van der Waals surface area contributed by atoms with Gasteiger partial charge in [0.2, 0.25) is 0 Å². The van der Waals surface area contributed by atoms with Crippen molar-refractivity contribution in [3.8, 4) is 0 Å². The number of hydrogen-bond acceptors (Lipinski definition) is 4. The largest absolute Gasteiger partial charge is 0.469 e. The van der Waals surface area contributed by atoms with Crippen molar-refractivity contribution >= 4 is 17.7 Å². The number of methoxy groups -OCH3 is 1. The van der Waals surface area contributed by atoms with Gasteiger partial charge in [-0.2, -0.15) is 0 Å². The second-order valence-corrected chi connectivity index (χ2v) is 4.78. The van der Waals surface area contributed by atoms with Crippen LogP contribution in [0.5, 0.6) is 0 Å². The van der Waals surface area contributed by atoms with Crippen molar-refractivity contribution < 1.29 is 19.1 Å². The van der Waals surface area contributed by atoms with Crippen LogP contribution in [0.25, 0.3) is 0 Å². The van der Waals surface area contributed by atoms with E-state index in [1.807, 2.05) is 0 Å². The summed E-state index contributed by atoms with van der Waals surface area (Å²) in [6, 6.07) is 6.58.